The Morgan fingerprint density at radius 3 is 2.42 bits per heavy atom. The largest absolute Gasteiger partial charge is 0.481 e. The lowest BCUT2D eigenvalue weighted by molar-refractivity contribution is -0.137. The summed E-state index contributed by atoms with van der Waals surface area (Å²) in [5.41, 5.74) is 1.72. The van der Waals surface area contributed by atoms with E-state index in [0.717, 1.165) is 16.7 Å². The Labute approximate surface area is 250 Å². The summed E-state index contributed by atoms with van der Waals surface area (Å²) in [7, 11) is 1.47. The smallest absolute Gasteiger partial charge is 0.305 e. The lowest BCUT2D eigenvalue weighted by Crippen LogP contribution is -2.51. The number of amides is 3. The average molecular weight is 585 g/mol. The maximum absolute atomic E-state index is 14.0. The first-order chi connectivity index (χ1) is 20.8. The number of rotatable bonds is 9. The highest BCUT2D eigenvalue weighted by atomic mass is 16.5. The molecule has 3 amide bonds. The summed E-state index contributed by atoms with van der Waals surface area (Å²) in [6.45, 7) is 1.03. The molecule has 1 aromatic heterocycles. The van der Waals surface area contributed by atoms with Crippen LogP contribution in [0.5, 0.6) is 5.88 Å². The minimum Gasteiger partial charge on any atom is -0.481 e. The van der Waals surface area contributed by atoms with Crippen molar-refractivity contribution in [3.8, 4) is 5.88 Å². The summed E-state index contributed by atoms with van der Waals surface area (Å²) < 4.78 is 5.21. The van der Waals surface area contributed by atoms with Crippen molar-refractivity contribution in [1.82, 2.24) is 20.5 Å². The number of carboxylic acids is 1. The first kappa shape index (κ1) is 29.8. The average Bonchev–Trinajstić information content (AvgIpc) is 3.04. The topological polar surface area (TPSA) is 138 Å². The Kier molecular flexibility index (Phi) is 9.04. The summed E-state index contributed by atoms with van der Waals surface area (Å²) in [6, 6.07) is 20.3. The fourth-order valence-electron chi connectivity index (χ4n) is 6.37. The van der Waals surface area contributed by atoms with E-state index in [2.05, 4.69) is 15.6 Å². The number of likely N-dealkylation sites (tertiary alicyclic amines) is 1. The number of hydrogen-bond donors (Lipinski definition) is 3. The summed E-state index contributed by atoms with van der Waals surface area (Å²) >= 11 is 0. The molecule has 43 heavy (non-hydrogen) atoms. The molecule has 1 aliphatic carbocycles. The third kappa shape index (κ3) is 6.09. The number of nitrogens with zero attached hydrogens (tertiary/aromatic N) is 2. The highest BCUT2D eigenvalue weighted by Gasteiger charge is 2.48. The molecule has 224 valence electrons. The number of aliphatic carboxylic acids is 1. The molecule has 1 fully saturated rings. The standard InChI is InChI=1S/C33H36N4O6/c1-43-30-26(11-7-18-34-30)29(40)36-23-15-20-37(21-16-23)31(41)25-13-17-33(22-8-3-2-4-9-22,27-12-6-5-10-24(25)27)32(42)35-19-14-28(38)39/h2-12,18,23,25H,13-17,19-21H2,1H3,(H,35,42)(H,36,40)(H,38,39)/t25-,33+/m0/s1. The second-order valence-corrected chi connectivity index (χ2v) is 11.0. The number of pyridine rings is 1. The number of aromatic nitrogens is 1. The molecule has 1 saturated heterocycles. The van der Waals surface area contributed by atoms with Gasteiger partial charge in [-0.3, -0.25) is 19.2 Å². The SMILES string of the molecule is COc1ncccc1C(=O)NC1CCN(C(=O)[C@H]2CC[C@@](C(=O)NCCC(=O)O)(c3ccccc3)c3ccccc32)CC1. The van der Waals surface area contributed by atoms with Gasteiger partial charge >= 0.3 is 5.97 Å². The number of benzene rings is 2. The van der Waals surface area contributed by atoms with E-state index in [1.807, 2.05) is 59.5 Å². The van der Waals surface area contributed by atoms with Gasteiger partial charge in [-0.2, -0.15) is 0 Å². The Hall–Kier alpha value is -4.73. The molecule has 2 heterocycles. The van der Waals surface area contributed by atoms with Gasteiger partial charge in [-0.25, -0.2) is 4.98 Å². The number of carbonyl (C=O) groups excluding carboxylic acids is 3. The van der Waals surface area contributed by atoms with Crippen LogP contribution in [0.2, 0.25) is 0 Å². The van der Waals surface area contributed by atoms with E-state index in [0.29, 0.717) is 44.3 Å². The summed E-state index contributed by atoms with van der Waals surface area (Å²) in [5.74, 6) is -1.63. The van der Waals surface area contributed by atoms with E-state index in [9.17, 15) is 19.2 Å². The van der Waals surface area contributed by atoms with Crippen molar-refractivity contribution in [2.75, 3.05) is 26.7 Å². The van der Waals surface area contributed by atoms with Gasteiger partial charge in [0, 0.05) is 31.9 Å². The number of piperidine rings is 1. The van der Waals surface area contributed by atoms with E-state index in [4.69, 9.17) is 9.84 Å². The third-order valence-corrected chi connectivity index (χ3v) is 8.53. The fourth-order valence-corrected chi connectivity index (χ4v) is 6.37. The van der Waals surface area contributed by atoms with E-state index in [1.165, 1.54) is 7.11 Å². The molecule has 0 saturated carbocycles. The maximum Gasteiger partial charge on any atom is 0.305 e. The van der Waals surface area contributed by atoms with Gasteiger partial charge in [0.05, 0.1) is 24.9 Å². The van der Waals surface area contributed by atoms with Crippen molar-refractivity contribution >= 4 is 23.7 Å². The zero-order valence-electron chi connectivity index (χ0n) is 24.1. The monoisotopic (exact) mass is 584 g/mol. The molecule has 5 rings (SSSR count). The van der Waals surface area contributed by atoms with E-state index in [-0.39, 0.29) is 42.6 Å². The van der Waals surface area contributed by atoms with Gasteiger partial charge in [0.2, 0.25) is 17.7 Å². The predicted molar refractivity (Wildman–Crippen MR) is 159 cm³/mol. The Balaban J connectivity index is 1.33. The zero-order valence-corrected chi connectivity index (χ0v) is 24.1. The number of nitrogens with one attached hydrogen (secondary N) is 2. The van der Waals surface area contributed by atoms with Crippen molar-refractivity contribution in [2.45, 2.75) is 49.5 Å². The van der Waals surface area contributed by atoms with Crippen LogP contribution in [0, 0.1) is 0 Å². The molecule has 3 aromatic rings. The molecule has 1 aliphatic heterocycles. The van der Waals surface area contributed by atoms with Gasteiger partial charge in [0.25, 0.3) is 5.91 Å². The highest BCUT2D eigenvalue weighted by molar-refractivity contribution is 5.97. The second kappa shape index (κ2) is 13.1. The van der Waals surface area contributed by atoms with Crippen LogP contribution in [0.15, 0.2) is 72.9 Å². The van der Waals surface area contributed by atoms with Crippen molar-refractivity contribution in [3.63, 3.8) is 0 Å². The van der Waals surface area contributed by atoms with Gasteiger partial charge in [-0.05, 0) is 54.5 Å². The minimum absolute atomic E-state index is 0.0131. The molecule has 0 spiro atoms. The van der Waals surface area contributed by atoms with Gasteiger partial charge in [0.15, 0.2) is 0 Å². The van der Waals surface area contributed by atoms with Gasteiger partial charge in [-0.1, -0.05) is 54.6 Å². The molecule has 10 nitrogen and oxygen atoms in total. The van der Waals surface area contributed by atoms with E-state index in [1.54, 1.807) is 18.3 Å². The Bertz CT molecular complexity index is 1490. The van der Waals surface area contributed by atoms with Crippen molar-refractivity contribution < 1.29 is 29.0 Å². The number of carboxylic acid groups (broad SMARTS) is 1. The van der Waals surface area contributed by atoms with Crippen LogP contribution in [0.3, 0.4) is 0 Å². The number of fused-ring (bicyclic) bond motifs is 1. The van der Waals surface area contributed by atoms with Gasteiger partial charge in [0.1, 0.15) is 5.56 Å². The lowest BCUT2D eigenvalue weighted by atomic mass is 9.62. The highest BCUT2D eigenvalue weighted by Crippen LogP contribution is 2.48. The van der Waals surface area contributed by atoms with E-state index >= 15 is 0 Å². The minimum atomic E-state index is -1.04. The number of hydrogen-bond acceptors (Lipinski definition) is 6. The Morgan fingerprint density at radius 2 is 1.70 bits per heavy atom. The van der Waals surface area contributed by atoms with Crippen molar-refractivity contribution in [1.29, 1.82) is 0 Å². The first-order valence-corrected chi connectivity index (χ1v) is 14.6. The van der Waals surface area contributed by atoms with Gasteiger partial charge in [-0.15, -0.1) is 0 Å². The molecule has 0 unspecified atom stereocenters. The molecule has 10 heteroatoms. The normalized spacial score (nSPS) is 20.0. The van der Waals surface area contributed by atoms with Crippen LogP contribution in [-0.2, 0) is 19.8 Å². The third-order valence-electron chi connectivity index (χ3n) is 8.53. The Morgan fingerprint density at radius 1 is 0.977 bits per heavy atom. The maximum atomic E-state index is 14.0. The summed E-state index contributed by atoms with van der Waals surface area (Å²) in [5, 5.41) is 15.0. The molecule has 2 atom stereocenters. The van der Waals surface area contributed by atoms with Crippen LogP contribution in [0.1, 0.15) is 65.1 Å². The second-order valence-electron chi connectivity index (χ2n) is 11.0. The summed E-state index contributed by atoms with van der Waals surface area (Å²) in [4.78, 5) is 57.7. The van der Waals surface area contributed by atoms with Crippen molar-refractivity contribution in [2.24, 2.45) is 0 Å². The van der Waals surface area contributed by atoms with Crippen LogP contribution in [-0.4, -0.2) is 71.5 Å². The lowest BCUT2D eigenvalue weighted by Gasteiger charge is -2.42. The van der Waals surface area contributed by atoms with Crippen LogP contribution >= 0.6 is 0 Å². The van der Waals surface area contributed by atoms with Crippen LogP contribution in [0.25, 0.3) is 0 Å². The zero-order chi connectivity index (χ0) is 30.4. The quantitative estimate of drug-likeness (QED) is 0.351. The van der Waals surface area contributed by atoms with Crippen molar-refractivity contribution in [3.05, 3.63) is 95.2 Å². The molecule has 2 aliphatic rings. The van der Waals surface area contributed by atoms with Crippen LogP contribution < -0.4 is 15.4 Å². The van der Waals surface area contributed by atoms with E-state index < -0.39 is 17.3 Å². The summed E-state index contributed by atoms with van der Waals surface area (Å²) in [6.07, 6.45) is 3.50. The molecular weight excluding hydrogens is 548 g/mol. The molecular formula is C33H36N4O6. The van der Waals surface area contributed by atoms with Crippen LogP contribution in [0.4, 0.5) is 0 Å². The molecule has 2 aromatic carbocycles. The van der Waals surface area contributed by atoms with Gasteiger partial charge < -0.3 is 25.4 Å². The fraction of sp³-hybridized carbons (Fsp3) is 0.364. The number of carbonyl (C=O) groups is 4. The molecule has 0 radical (unpaired) electrons. The number of ether oxygens (including phenoxy) is 1. The molecule has 0 bridgehead atoms. The number of methoxy groups -OCH3 is 1. The first-order valence-electron chi connectivity index (χ1n) is 14.6. The molecule has 3 N–H and O–H groups in total. The predicted octanol–water partition coefficient (Wildman–Crippen LogP) is 3.27.